The molecular weight excluding hydrogens is 464 g/mol. The summed E-state index contributed by atoms with van der Waals surface area (Å²) in [4.78, 5) is 0. The van der Waals surface area contributed by atoms with Gasteiger partial charge in [-0.3, -0.25) is 0 Å². The first-order valence-corrected chi connectivity index (χ1v) is 12.8. The number of hydrogen-bond donors (Lipinski definition) is 1. The molecule has 0 saturated heterocycles. The average molecular weight is 501 g/mol. The lowest BCUT2D eigenvalue weighted by atomic mass is 10.0. The number of rotatable bonds is 13. The second-order valence-corrected chi connectivity index (χ2v) is 9.24. The molecule has 0 aromatic heterocycles. The molecule has 1 N–H and O–H groups in total. The van der Waals surface area contributed by atoms with Gasteiger partial charge < -0.3 is 24.1 Å². The molecule has 0 saturated carbocycles. The fraction of sp³-hybridized carbons (Fsp3) is 0.312. The molecule has 1 aliphatic rings. The molecule has 0 aliphatic carbocycles. The van der Waals surface area contributed by atoms with E-state index in [1.165, 1.54) is 0 Å². The van der Waals surface area contributed by atoms with E-state index in [0.717, 1.165) is 16.7 Å². The van der Waals surface area contributed by atoms with E-state index in [0.29, 0.717) is 38.6 Å². The highest BCUT2D eigenvalue weighted by Crippen LogP contribution is 2.27. The third-order valence-electron chi connectivity index (χ3n) is 6.03. The van der Waals surface area contributed by atoms with Crippen LogP contribution in [0.4, 0.5) is 0 Å². The number of aliphatic hydroxyl groups is 1. The van der Waals surface area contributed by atoms with Crippen molar-refractivity contribution in [3.8, 4) is 0 Å². The summed E-state index contributed by atoms with van der Waals surface area (Å²) in [6.07, 6.45) is 4.82. The van der Waals surface area contributed by atoms with Crippen LogP contribution in [0.25, 0.3) is 0 Å². The Morgan fingerprint density at radius 3 is 1.89 bits per heavy atom. The van der Waals surface area contributed by atoms with E-state index in [4.69, 9.17) is 18.9 Å². The molecule has 1 aliphatic heterocycles. The second kappa shape index (κ2) is 14.5. The average Bonchev–Trinajstić information content (AvgIpc) is 2.93. The topological polar surface area (TPSA) is 57.2 Å². The third-order valence-corrected chi connectivity index (χ3v) is 6.03. The number of ether oxygens (including phenoxy) is 4. The van der Waals surface area contributed by atoms with Gasteiger partial charge in [0.15, 0.2) is 6.10 Å². The van der Waals surface area contributed by atoms with Crippen LogP contribution in [0.2, 0.25) is 0 Å². The summed E-state index contributed by atoms with van der Waals surface area (Å²) in [5, 5.41) is 9.66. The monoisotopic (exact) mass is 500 g/mol. The summed E-state index contributed by atoms with van der Waals surface area (Å²) >= 11 is 0. The van der Waals surface area contributed by atoms with E-state index >= 15 is 0 Å². The zero-order chi connectivity index (χ0) is 25.7. The molecule has 1 heterocycles. The molecule has 5 nitrogen and oxygen atoms in total. The van der Waals surface area contributed by atoms with Gasteiger partial charge >= 0.3 is 0 Å². The van der Waals surface area contributed by atoms with E-state index < -0.39 is 6.10 Å². The van der Waals surface area contributed by atoms with Gasteiger partial charge in [-0.15, -0.1) is 0 Å². The van der Waals surface area contributed by atoms with E-state index in [2.05, 4.69) is 0 Å². The third kappa shape index (κ3) is 8.99. The first kappa shape index (κ1) is 26.8. The van der Waals surface area contributed by atoms with Gasteiger partial charge in [-0.2, -0.15) is 0 Å². The fourth-order valence-electron chi connectivity index (χ4n) is 4.10. The van der Waals surface area contributed by atoms with E-state index in [9.17, 15) is 5.11 Å². The molecule has 0 amide bonds. The van der Waals surface area contributed by atoms with Gasteiger partial charge in [-0.05, 0) is 42.2 Å². The lowest BCUT2D eigenvalue weighted by Gasteiger charge is -2.36. The Morgan fingerprint density at radius 1 is 0.784 bits per heavy atom. The SMILES string of the molecule is C[C@@H](O)CC=CC1=C[C@@H](OCc2ccccc2)[C@H](OCc2ccccc2)[C@@H](COCc2ccccc2)O1. The van der Waals surface area contributed by atoms with Crippen LogP contribution >= 0.6 is 0 Å². The van der Waals surface area contributed by atoms with E-state index in [1.807, 2.05) is 109 Å². The van der Waals surface area contributed by atoms with Crippen molar-refractivity contribution in [1.82, 2.24) is 0 Å². The maximum atomic E-state index is 9.66. The smallest absolute Gasteiger partial charge is 0.151 e. The van der Waals surface area contributed by atoms with Crippen molar-refractivity contribution in [2.45, 2.75) is 57.6 Å². The van der Waals surface area contributed by atoms with Gasteiger partial charge in [0.05, 0.1) is 32.5 Å². The highest BCUT2D eigenvalue weighted by atomic mass is 16.6. The summed E-state index contributed by atoms with van der Waals surface area (Å²) < 4.78 is 25.3. The van der Waals surface area contributed by atoms with Gasteiger partial charge in [0.25, 0.3) is 0 Å². The normalized spacial score (nSPS) is 20.4. The number of allylic oxidation sites excluding steroid dienone is 1. The van der Waals surface area contributed by atoms with Crippen molar-refractivity contribution >= 4 is 0 Å². The summed E-state index contributed by atoms with van der Waals surface area (Å²) in [6, 6.07) is 30.3. The number of hydrogen-bond acceptors (Lipinski definition) is 5. The molecule has 4 rings (SSSR count). The predicted octanol–water partition coefficient (Wildman–Crippen LogP) is 5.98. The van der Waals surface area contributed by atoms with Gasteiger partial charge in [0.1, 0.15) is 18.0 Å². The van der Waals surface area contributed by atoms with Crippen molar-refractivity contribution < 1.29 is 24.1 Å². The summed E-state index contributed by atoms with van der Waals surface area (Å²) in [5.41, 5.74) is 3.27. The number of benzene rings is 3. The molecule has 0 spiro atoms. The first-order valence-electron chi connectivity index (χ1n) is 12.8. The van der Waals surface area contributed by atoms with Gasteiger partial charge in [-0.1, -0.05) is 97.1 Å². The van der Waals surface area contributed by atoms with Crippen molar-refractivity contribution in [2.24, 2.45) is 0 Å². The minimum absolute atomic E-state index is 0.339. The number of aliphatic hydroxyl groups excluding tert-OH is 1. The Kier molecular flexibility index (Phi) is 10.5. The van der Waals surface area contributed by atoms with Gasteiger partial charge in [0, 0.05) is 0 Å². The van der Waals surface area contributed by atoms with Crippen molar-refractivity contribution in [3.63, 3.8) is 0 Å². The van der Waals surface area contributed by atoms with Crippen LogP contribution in [0.15, 0.2) is 115 Å². The minimum Gasteiger partial charge on any atom is -0.485 e. The summed E-state index contributed by atoms with van der Waals surface area (Å²) in [5.74, 6) is 0.687. The molecule has 0 radical (unpaired) electrons. The Bertz CT molecular complexity index is 1100. The standard InChI is InChI=1S/C32H36O5/c1-25(33)12-11-19-29-20-30(35-22-27-15-7-3-8-16-27)32(36-23-28-17-9-4-10-18-28)31(37-29)24-34-21-26-13-5-2-6-14-26/h2-11,13-20,25,30-33H,12,21-24H2,1H3/t25-,30-,31-,32+/m1/s1. The highest BCUT2D eigenvalue weighted by Gasteiger charge is 2.36. The fourth-order valence-corrected chi connectivity index (χ4v) is 4.10. The van der Waals surface area contributed by atoms with Crippen molar-refractivity contribution in [2.75, 3.05) is 6.61 Å². The summed E-state index contributed by atoms with van der Waals surface area (Å²) in [7, 11) is 0. The van der Waals surface area contributed by atoms with Crippen LogP contribution in [0.1, 0.15) is 30.0 Å². The Balaban J connectivity index is 1.52. The summed E-state index contributed by atoms with van der Waals surface area (Å²) in [6.45, 7) is 3.49. The molecule has 5 heteroatoms. The molecular formula is C32H36O5. The quantitative estimate of drug-likeness (QED) is 0.313. The van der Waals surface area contributed by atoms with Gasteiger partial charge in [0.2, 0.25) is 0 Å². The maximum Gasteiger partial charge on any atom is 0.151 e. The molecule has 3 aromatic carbocycles. The molecule has 0 fully saturated rings. The van der Waals surface area contributed by atoms with Crippen LogP contribution in [-0.2, 0) is 38.8 Å². The Labute approximate surface area is 220 Å². The molecule has 4 atom stereocenters. The maximum absolute atomic E-state index is 9.66. The largest absolute Gasteiger partial charge is 0.485 e. The Hall–Kier alpha value is -3.22. The lowest BCUT2D eigenvalue weighted by molar-refractivity contribution is -0.151. The van der Waals surface area contributed by atoms with Crippen LogP contribution in [0.3, 0.4) is 0 Å². The molecule has 3 aromatic rings. The predicted molar refractivity (Wildman–Crippen MR) is 145 cm³/mol. The van der Waals surface area contributed by atoms with E-state index in [1.54, 1.807) is 6.92 Å². The minimum atomic E-state index is -0.419. The Morgan fingerprint density at radius 2 is 1.32 bits per heavy atom. The lowest BCUT2D eigenvalue weighted by Crippen LogP contribution is -2.47. The van der Waals surface area contributed by atoms with Gasteiger partial charge in [-0.25, -0.2) is 0 Å². The zero-order valence-corrected chi connectivity index (χ0v) is 21.3. The van der Waals surface area contributed by atoms with Crippen molar-refractivity contribution in [1.29, 1.82) is 0 Å². The first-order chi connectivity index (χ1) is 18.2. The zero-order valence-electron chi connectivity index (χ0n) is 21.3. The molecule has 0 bridgehead atoms. The second-order valence-electron chi connectivity index (χ2n) is 9.24. The molecule has 37 heavy (non-hydrogen) atoms. The van der Waals surface area contributed by atoms with Crippen LogP contribution in [0.5, 0.6) is 0 Å². The van der Waals surface area contributed by atoms with Crippen LogP contribution in [0, 0.1) is 0 Å². The van der Waals surface area contributed by atoms with Crippen molar-refractivity contribution in [3.05, 3.63) is 132 Å². The highest BCUT2D eigenvalue weighted by molar-refractivity contribution is 5.21. The van der Waals surface area contributed by atoms with E-state index in [-0.39, 0.29) is 18.3 Å². The molecule has 0 unspecified atom stereocenters. The van der Waals surface area contributed by atoms with Crippen LogP contribution in [-0.4, -0.2) is 36.1 Å². The molecule has 194 valence electrons. The van der Waals surface area contributed by atoms with Crippen LogP contribution < -0.4 is 0 Å².